The molecule has 0 bridgehead atoms. The van der Waals surface area contributed by atoms with Gasteiger partial charge in [-0.1, -0.05) is 48.5 Å². The van der Waals surface area contributed by atoms with E-state index >= 15 is 0 Å². The van der Waals surface area contributed by atoms with Crippen molar-refractivity contribution in [2.24, 2.45) is 0 Å². The second kappa shape index (κ2) is 10.1. The molecule has 0 N–H and O–H groups in total. The fourth-order valence-corrected chi connectivity index (χ4v) is 6.58. The number of ether oxygens (including phenoxy) is 2. The van der Waals surface area contributed by atoms with E-state index in [2.05, 4.69) is 95.8 Å². The summed E-state index contributed by atoms with van der Waals surface area (Å²) in [7, 11) is 3.39. The molecule has 0 aliphatic carbocycles. The number of fused-ring (bicyclic) bond motifs is 8. The van der Waals surface area contributed by atoms with Gasteiger partial charge >= 0.3 is 0 Å². The van der Waals surface area contributed by atoms with Gasteiger partial charge in [-0.25, -0.2) is 9.97 Å². The Morgan fingerprint density at radius 2 is 0.955 bits per heavy atom. The number of aryl methyl sites for hydroxylation is 2. The summed E-state index contributed by atoms with van der Waals surface area (Å²) in [5, 5.41) is 0. The molecule has 0 saturated heterocycles. The molecule has 0 amide bonds. The van der Waals surface area contributed by atoms with Gasteiger partial charge < -0.3 is 18.6 Å². The molecule has 44 heavy (non-hydrogen) atoms. The summed E-state index contributed by atoms with van der Waals surface area (Å²) in [6, 6.07) is 34.2. The Kier molecular flexibility index (Phi) is 6.05. The van der Waals surface area contributed by atoms with E-state index in [-0.39, 0.29) is 0 Å². The van der Waals surface area contributed by atoms with Gasteiger partial charge in [-0.15, -0.1) is 0 Å². The van der Waals surface area contributed by atoms with Crippen molar-refractivity contribution in [2.75, 3.05) is 14.2 Å². The van der Waals surface area contributed by atoms with Crippen LogP contribution in [-0.2, 0) is 13.1 Å². The van der Waals surface area contributed by atoms with Gasteiger partial charge in [0.25, 0.3) is 0 Å². The summed E-state index contributed by atoms with van der Waals surface area (Å²) in [5.41, 5.74) is 13.5. The summed E-state index contributed by atoms with van der Waals surface area (Å²) >= 11 is 0. The third-order valence-electron chi connectivity index (χ3n) is 8.77. The van der Waals surface area contributed by atoms with Crippen LogP contribution >= 0.6 is 0 Å². The lowest BCUT2D eigenvalue weighted by Gasteiger charge is -2.19. The quantitative estimate of drug-likeness (QED) is 0.211. The molecule has 0 atom stereocenters. The molecule has 0 radical (unpaired) electrons. The zero-order chi connectivity index (χ0) is 29.9. The highest BCUT2D eigenvalue weighted by atomic mass is 16.5. The lowest BCUT2D eigenvalue weighted by Crippen LogP contribution is -2.14. The van der Waals surface area contributed by atoms with E-state index in [0.717, 1.165) is 80.6 Å². The first-order chi connectivity index (χ1) is 21.5. The summed E-state index contributed by atoms with van der Waals surface area (Å²) in [6.07, 6.45) is 0. The highest BCUT2D eigenvalue weighted by Crippen LogP contribution is 2.39. The summed E-state index contributed by atoms with van der Waals surface area (Å²) in [6.45, 7) is 5.76. The van der Waals surface area contributed by atoms with Crippen molar-refractivity contribution in [2.45, 2.75) is 26.9 Å². The summed E-state index contributed by atoms with van der Waals surface area (Å²) in [4.78, 5) is 10.8. The van der Waals surface area contributed by atoms with Gasteiger partial charge in [-0.2, -0.15) is 0 Å². The first-order valence-corrected chi connectivity index (χ1v) is 14.9. The molecular formula is C38H32N4O2. The summed E-state index contributed by atoms with van der Waals surface area (Å²) < 4.78 is 15.6. The number of imidazole rings is 2. The maximum atomic E-state index is 5.44. The second-order valence-electron chi connectivity index (χ2n) is 11.6. The predicted molar refractivity (Wildman–Crippen MR) is 177 cm³/mol. The van der Waals surface area contributed by atoms with E-state index in [0.29, 0.717) is 0 Å². The monoisotopic (exact) mass is 576 g/mol. The van der Waals surface area contributed by atoms with Crippen LogP contribution in [0, 0.1) is 13.8 Å². The van der Waals surface area contributed by atoms with Crippen LogP contribution in [0.15, 0.2) is 97.1 Å². The zero-order valence-electron chi connectivity index (χ0n) is 25.3. The molecule has 0 fully saturated rings. The third kappa shape index (κ3) is 4.17. The number of rotatable bonds is 4. The molecule has 1 aliphatic heterocycles. The average Bonchev–Trinajstić information content (AvgIpc) is 3.57. The van der Waals surface area contributed by atoms with Gasteiger partial charge in [0.15, 0.2) is 11.6 Å². The van der Waals surface area contributed by atoms with Crippen LogP contribution in [0.2, 0.25) is 0 Å². The number of nitrogens with zero attached hydrogens (tertiary/aromatic N) is 4. The average molecular weight is 577 g/mol. The molecule has 7 aromatic rings. The SMILES string of the molecule is COc1ccc(-c2cc(C)cc3c2nc2n3Cc3ccccc3Cn3c-2nc2c(-c4ccc(OC)cc4)cc(C)cc23)cc1. The first-order valence-electron chi connectivity index (χ1n) is 14.9. The highest BCUT2D eigenvalue weighted by molar-refractivity contribution is 5.97. The second-order valence-corrected chi connectivity index (χ2v) is 11.6. The van der Waals surface area contributed by atoms with Crippen molar-refractivity contribution in [3.05, 3.63) is 119 Å². The van der Waals surface area contributed by atoms with Crippen molar-refractivity contribution >= 4 is 22.1 Å². The van der Waals surface area contributed by atoms with Gasteiger partial charge in [-0.3, -0.25) is 0 Å². The van der Waals surface area contributed by atoms with Crippen molar-refractivity contribution in [3.8, 4) is 45.4 Å². The highest BCUT2D eigenvalue weighted by Gasteiger charge is 2.26. The Bertz CT molecular complexity index is 2050. The van der Waals surface area contributed by atoms with Gasteiger partial charge in [0.05, 0.1) is 49.4 Å². The normalized spacial score (nSPS) is 12.4. The molecule has 0 saturated carbocycles. The topological polar surface area (TPSA) is 54.1 Å². The van der Waals surface area contributed by atoms with E-state index in [1.807, 2.05) is 24.3 Å². The van der Waals surface area contributed by atoms with Crippen LogP contribution < -0.4 is 9.47 Å². The Hall–Kier alpha value is -5.36. The van der Waals surface area contributed by atoms with Crippen molar-refractivity contribution < 1.29 is 9.47 Å². The number of benzene rings is 5. The van der Waals surface area contributed by atoms with Gasteiger partial charge in [0.1, 0.15) is 11.5 Å². The molecule has 1 aliphatic rings. The molecular weight excluding hydrogens is 544 g/mol. The van der Waals surface area contributed by atoms with Crippen LogP contribution in [0.25, 0.3) is 56.0 Å². The lowest BCUT2D eigenvalue weighted by molar-refractivity contribution is 0.415. The third-order valence-corrected chi connectivity index (χ3v) is 8.77. The Labute approximate surface area is 256 Å². The van der Waals surface area contributed by atoms with Crippen LogP contribution in [0.3, 0.4) is 0 Å². The van der Waals surface area contributed by atoms with E-state index in [1.54, 1.807) is 14.2 Å². The standard InChI is InChI=1S/C38H32N4O2/c1-23-17-31(25-9-13-29(43-3)14-10-25)35-33(19-23)41-21-27-7-5-6-8-28(27)22-42-34-20-24(2)18-32(26-11-15-30(44-4)16-12-26)36(34)40-38(42)37(41)39-35/h5-20H,21-22H2,1-4H3. The minimum absolute atomic E-state index is 0.723. The number of hydrogen-bond donors (Lipinski definition) is 0. The van der Waals surface area contributed by atoms with Crippen molar-refractivity contribution in [1.82, 2.24) is 19.1 Å². The molecule has 3 heterocycles. The Morgan fingerprint density at radius 1 is 0.545 bits per heavy atom. The minimum atomic E-state index is 0.723. The van der Waals surface area contributed by atoms with Crippen LogP contribution in [0.1, 0.15) is 22.3 Å². The lowest BCUT2D eigenvalue weighted by atomic mass is 10.0. The summed E-state index contributed by atoms with van der Waals surface area (Å²) in [5.74, 6) is 3.43. The van der Waals surface area contributed by atoms with Gasteiger partial charge in [-0.05, 0) is 95.8 Å². The maximum absolute atomic E-state index is 5.44. The molecule has 6 heteroatoms. The minimum Gasteiger partial charge on any atom is -0.497 e. The van der Waals surface area contributed by atoms with Crippen LogP contribution in [0.5, 0.6) is 11.5 Å². The molecule has 6 nitrogen and oxygen atoms in total. The molecule has 216 valence electrons. The molecule has 0 spiro atoms. The predicted octanol–water partition coefficient (Wildman–Crippen LogP) is 8.43. The van der Waals surface area contributed by atoms with E-state index < -0.39 is 0 Å². The molecule has 2 aromatic heterocycles. The van der Waals surface area contributed by atoms with Gasteiger partial charge in [0, 0.05) is 11.1 Å². The maximum Gasteiger partial charge on any atom is 0.177 e. The fourth-order valence-electron chi connectivity index (χ4n) is 6.58. The van der Waals surface area contributed by atoms with Crippen molar-refractivity contribution in [3.63, 3.8) is 0 Å². The zero-order valence-corrected chi connectivity index (χ0v) is 25.3. The number of hydrogen-bond acceptors (Lipinski definition) is 4. The fraction of sp³-hybridized carbons (Fsp3) is 0.158. The van der Waals surface area contributed by atoms with Gasteiger partial charge in [0.2, 0.25) is 0 Å². The molecule has 5 aromatic carbocycles. The Morgan fingerprint density at radius 3 is 1.34 bits per heavy atom. The van der Waals surface area contributed by atoms with E-state index in [9.17, 15) is 0 Å². The first kappa shape index (κ1) is 26.3. The molecule has 8 rings (SSSR count). The van der Waals surface area contributed by atoms with E-state index in [4.69, 9.17) is 19.4 Å². The number of methoxy groups -OCH3 is 2. The number of aromatic nitrogens is 4. The Balaban J connectivity index is 1.43. The molecule has 0 unspecified atom stereocenters. The van der Waals surface area contributed by atoms with Crippen LogP contribution in [0.4, 0.5) is 0 Å². The van der Waals surface area contributed by atoms with E-state index in [1.165, 1.54) is 22.3 Å². The smallest absolute Gasteiger partial charge is 0.177 e. The van der Waals surface area contributed by atoms with Crippen LogP contribution in [-0.4, -0.2) is 33.3 Å². The largest absolute Gasteiger partial charge is 0.497 e. The van der Waals surface area contributed by atoms with Crippen molar-refractivity contribution in [1.29, 1.82) is 0 Å².